The quantitative estimate of drug-likeness (QED) is 0.655. The fraction of sp³-hybridized carbons (Fsp3) is 0.429. The van der Waals surface area contributed by atoms with Gasteiger partial charge in [-0.2, -0.15) is 0 Å². The molecule has 1 aromatic rings. The first-order valence-corrected chi connectivity index (χ1v) is 6.65. The topological polar surface area (TPSA) is 90.6 Å². The highest BCUT2D eigenvalue weighted by molar-refractivity contribution is 6.34. The first kappa shape index (κ1) is 17.1. The van der Waals surface area contributed by atoms with Crippen LogP contribution in [0.4, 0.5) is 11.4 Å². The molecule has 0 aliphatic heterocycles. The Morgan fingerprint density at radius 2 is 1.95 bits per heavy atom. The molecule has 116 valence electrons. The van der Waals surface area contributed by atoms with Crippen LogP contribution < -0.4 is 11.1 Å². The van der Waals surface area contributed by atoms with E-state index in [4.69, 9.17) is 22.1 Å². The van der Waals surface area contributed by atoms with Crippen LogP contribution in [0.3, 0.4) is 0 Å². The van der Waals surface area contributed by atoms with Gasteiger partial charge in [-0.25, -0.2) is 4.79 Å². The second-order valence-electron chi connectivity index (χ2n) is 5.32. The summed E-state index contributed by atoms with van der Waals surface area (Å²) in [4.78, 5) is 23.2. The van der Waals surface area contributed by atoms with E-state index in [1.54, 1.807) is 20.8 Å². The zero-order valence-corrected chi connectivity index (χ0v) is 13.2. The minimum absolute atomic E-state index is 0.119. The zero-order valence-electron chi connectivity index (χ0n) is 12.5. The smallest absolute Gasteiger partial charge is 0.340 e. The molecule has 0 aliphatic carbocycles. The van der Waals surface area contributed by atoms with E-state index in [9.17, 15) is 9.59 Å². The summed E-state index contributed by atoms with van der Waals surface area (Å²) >= 11 is 6.02. The van der Waals surface area contributed by atoms with Crippen molar-refractivity contribution in [2.75, 3.05) is 24.7 Å². The van der Waals surface area contributed by atoms with Gasteiger partial charge in [0.1, 0.15) is 12.1 Å². The number of rotatable bonds is 4. The largest absolute Gasteiger partial charge is 0.465 e. The fourth-order valence-electron chi connectivity index (χ4n) is 1.60. The zero-order chi connectivity index (χ0) is 16.2. The number of carbonyl (C=O) groups is 2. The molecule has 0 saturated heterocycles. The summed E-state index contributed by atoms with van der Waals surface area (Å²) in [7, 11) is 1.25. The molecule has 1 aromatic carbocycles. The van der Waals surface area contributed by atoms with Gasteiger partial charge in [0, 0.05) is 0 Å². The van der Waals surface area contributed by atoms with Crippen molar-refractivity contribution in [3.05, 3.63) is 22.7 Å². The minimum atomic E-state index is -0.581. The summed E-state index contributed by atoms with van der Waals surface area (Å²) in [6.07, 6.45) is 0. The molecule has 3 N–H and O–H groups in total. The van der Waals surface area contributed by atoms with Crippen LogP contribution in [0.1, 0.15) is 31.1 Å². The standard InChI is InChI=1S/C14H19ClN2O4/c1-14(2,3)21-10(18)7-17-12-9(15)6-5-8(11(12)16)13(19)20-4/h5-6,17H,7,16H2,1-4H3. The van der Waals surface area contributed by atoms with Crippen molar-refractivity contribution in [3.63, 3.8) is 0 Å². The van der Waals surface area contributed by atoms with Crippen molar-refractivity contribution in [2.45, 2.75) is 26.4 Å². The van der Waals surface area contributed by atoms with Gasteiger partial charge in [-0.15, -0.1) is 0 Å². The lowest BCUT2D eigenvalue weighted by molar-refractivity contribution is -0.152. The summed E-state index contributed by atoms with van der Waals surface area (Å²) in [5.41, 5.74) is 5.89. The summed E-state index contributed by atoms with van der Waals surface area (Å²) < 4.78 is 9.78. The molecule has 0 aliphatic rings. The number of nitrogens with two attached hydrogens (primary N) is 1. The minimum Gasteiger partial charge on any atom is -0.465 e. The Hall–Kier alpha value is -1.95. The number of carbonyl (C=O) groups excluding carboxylic acids is 2. The Balaban J connectivity index is 2.89. The lowest BCUT2D eigenvalue weighted by Gasteiger charge is -2.20. The van der Waals surface area contributed by atoms with Gasteiger partial charge in [0.25, 0.3) is 0 Å². The van der Waals surface area contributed by atoms with E-state index in [1.165, 1.54) is 19.2 Å². The second kappa shape index (κ2) is 6.67. The summed E-state index contributed by atoms with van der Waals surface area (Å²) in [5, 5.41) is 3.08. The molecular formula is C14H19ClN2O4. The summed E-state index contributed by atoms with van der Waals surface area (Å²) in [5.74, 6) is -1.04. The average Bonchev–Trinajstić information content (AvgIpc) is 2.35. The van der Waals surface area contributed by atoms with Crippen LogP contribution in [0.2, 0.25) is 5.02 Å². The molecule has 6 nitrogen and oxygen atoms in total. The number of nitrogens with one attached hydrogen (secondary N) is 1. The van der Waals surface area contributed by atoms with Crippen LogP contribution in [-0.4, -0.2) is 31.2 Å². The number of nitrogen functional groups attached to an aromatic ring is 1. The van der Waals surface area contributed by atoms with Gasteiger partial charge in [-0.1, -0.05) is 11.6 Å². The molecule has 0 fully saturated rings. The van der Waals surface area contributed by atoms with Crippen LogP contribution in [0, 0.1) is 0 Å². The van der Waals surface area contributed by atoms with Crippen LogP contribution in [0.5, 0.6) is 0 Å². The third kappa shape index (κ3) is 4.82. The number of benzene rings is 1. The molecule has 0 unspecified atom stereocenters. The van der Waals surface area contributed by atoms with Gasteiger partial charge in [-0.3, -0.25) is 4.79 Å². The number of methoxy groups -OCH3 is 1. The Morgan fingerprint density at radius 1 is 1.33 bits per heavy atom. The predicted octanol–water partition coefficient (Wildman–Crippen LogP) is 2.46. The highest BCUT2D eigenvalue weighted by Gasteiger charge is 2.19. The molecule has 0 aromatic heterocycles. The van der Waals surface area contributed by atoms with Gasteiger partial charge < -0.3 is 20.5 Å². The van der Waals surface area contributed by atoms with E-state index in [0.717, 1.165) is 0 Å². The lowest BCUT2D eigenvalue weighted by atomic mass is 10.1. The Bertz CT molecular complexity index is 553. The monoisotopic (exact) mass is 314 g/mol. The van der Waals surface area contributed by atoms with Crippen molar-refractivity contribution in [1.29, 1.82) is 0 Å². The second-order valence-corrected chi connectivity index (χ2v) is 5.72. The molecule has 21 heavy (non-hydrogen) atoms. The first-order chi connectivity index (χ1) is 9.65. The molecule has 0 saturated carbocycles. The average molecular weight is 315 g/mol. The van der Waals surface area contributed by atoms with Gasteiger partial charge in [-0.05, 0) is 32.9 Å². The number of ether oxygens (including phenoxy) is 2. The van der Waals surface area contributed by atoms with Crippen molar-refractivity contribution in [1.82, 2.24) is 0 Å². The molecule has 0 atom stereocenters. The van der Waals surface area contributed by atoms with E-state index < -0.39 is 17.5 Å². The maximum Gasteiger partial charge on any atom is 0.340 e. The number of hydrogen-bond acceptors (Lipinski definition) is 6. The van der Waals surface area contributed by atoms with Gasteiger partial charge in [0.05, 0.1) is 29.1 Å². The molecular weight excluding hydrogens is 296 g/mol. The third-order valence-electron chi connectivity index (χ3n) is 2.43. The Labute approximate surface area is 128 Å². The van der Waals surface area contributed by atoms with Crippen molar-refractivity contribution >= 4 is 34.9 Å². The van der Waals surface area contributed by atoms with Crippen molar-refractivity contribution in [3.8, 4) is 0 Å². The van der Waals surface area contributed by atoms with Crippen LogP contribution in [-0.2, 0) is 14.3 Å². The van der Waals surface area contributed by atoms with E-state index >= 15 is 0 Å². The summed E-state index contributed by atoms with van der Waals surface area (Å²) in [6.45, 7) is 5.18. The van der Waals surface area contributed by atoms with Crippen molar-refractivity contribution < 1.29 is 19.1 Å². The van der Waals surface area contributed by atoms with E-state index in [2.05, 4.69) is 10.1 Å². The Kier molecular flexibility index (Phi) is 5.43. The maximum absolute atomic E-state index is 11.7. The van der Waals surface area contributed by atoms with Gasteiger partial charge in [0.15, 0.2) is 0 Å². The van der Waals surface area contributed by atoms with E-state index in [-0.39, 0.29) is 17.8 Å². The fourth-order valence-corrected chi connectivity index (χ4v) is 1.83. The van der Waals surface area contributed by atoms with Crippen molar-refractivity contribution in [2.24, 2.45) is 0 Å². The highest BCUT2D eigenvalue weighted by atomic mass is 35.5. The van der Waals surface area contributed by atoms with E-state index in [0.29, 0.717) is 10.7 Å². The van der Waals surface area contributed by atoms with Crippen LogP contribution in [0.15, 0.2) is 12.1 Å². The van der Waals surface area contributed by atoms with Gasteiger partial charge in [0.2, 0.25) is 0 Å². The van der Waals surface area contributed by atoms with Crippen LogP contribution >= 0.6 is 11.6 Å². The number of anilines is 2. The molecule has 0 amide bonds. The van der Waals surface area contributed by atoms with Gasteiger partial charge >= 0.3 is 11.9 Å². The number of hydrogen-bond donors (Lipinski definition) is 2. The maximum atomic E-state index is 11.7. The lowest BCUT2D eigenvalue weighted by Crippen LogP contribution is -2.28. The molecule has 7 heteroatoms. The molecule has 1 rings (SSSR count). The normalized spacial score (nSPS) is 10.9. The SMILES string of the molecule is COC(=O)c1ccc(Cl)c(NCC(=O)OC(C)(C)C)c1N. The molecule has 0 radical (unpaired) electrons. The van der Waals surface area contributed by atoms with Crippen LogP contribution in [0.25, 0.3) is 0 Å². The molecule has 0 heterocycles. The number of halogens is 1. The molecule has 0 bridgehead atoms. The Morgan fingerprint density at radius 3 is 2.48 bits per heavy atom. The highest BCUT2D eigenvalue weighted by Crippen LogP contribution is 2.31. The molecule has 0 spiro atoms. The predicted molar refractivity (Wildman–Crippen MR) is 81.5 cm³/mol. The first-order valence-electron chi connectivity index (χ1n) is 6.27. The number of esters is 2. The third-order valence-corrected chi connectivity index (χ3v) is 2.74. The summed E-state index contributed by atoms with van der Waals surface area (Å²) in [6, 6.07) is 2.96. The van der Waals surface area contributed by atoms with E-state index in [1.807, 2.05) is 0 Å².